The van der Waals surface area contributed by atoms with E-state index in [4.69, 9.17) is 9.26 Å². The van der Waals surface area contributed by atoms with Crippen molar-refractivity contribution >= 4 is 17.4 Å². The lowest BCUT2D eigenvalue weighted by Crippen LogP contribution is -2.51. The van der Waals surface area contributed by atoms with Crippen LogP contribution in [-0.2, 0) is 12.1 Å². The van der Waals surface area contributed by atoms with Gasteiger partial charge < -0.3 is 19.9 Å². The predicted molar refractivity (Wildman–Crippen MR) is 111 cm³/mol. The summed E-state index contributed by atoms with van der Waals surface area (Å²) in [5, 5.41) is 14.2. The molecule has 0 radical (unpaired) electrons. The van der Waals surface area contributed by atoms with Gasteiger partial charge in [0, 0.05) is 17.5 Å². The molecule has 2 amide bonds. The number of hydrogen-bond donors (Lipinski definition) is 2. The molecule has 1 aliphatic rings. The van der Waals surface area contributed by atoms with Crippen LogP contribution in [0.1, 0.15) is 43.6 Å². The number of hydrogen-bond acceptors (Lipinski definition) is 6. The van der Waals surface area contributed by atoms with E-state index in [0.29, 0.717) is 18.3 Å². The smallest absolute Gasteiger partial charge is 0.315 e. The van der Waals surface area contributed by atoms with Crippen LogP contribution in [0.15, 0.2) is 45.6 Å². The van der Waals surface area contributed by atoms with Crippen molar-refractivity contribution in [3.63, 3.8) is 0 Å². The molecule has 3 aromatic rings. The third-order valence-corrected chi connectivity index (χ3v) is 5.95. The molecule has 1 aromatic carbocycles. The van der Waals surface area contributed by atoms with Crippen LogP contribution in [0.3, 0.4) is 0 Å². The molecular formula is C21H24N4O3S. The Balaban J connectivity index is 1.47. The van der Waals surface area contributed by atoms with Crippen LogP contribution < -0.4 is 15.4 Å². The summed E-state index contributed by atoms with van der Waals surface area (Å²) in [5.41, 5.74) is 1.27. The molecular weight excluding hydrogens is 388 g/mol. The van der Waals surface area contributed by atoms with E-state index < -0.39 is 5.54 Å². The molecule has 0 bridgehead atoms. The first-order chi connectivity index (χ1) is 14.2. The number of urea groups is 1. The second-order valence-electron chi connectivity index (χ2n) is 7.24. The van der Waals surface area contributed by atoms with Crippen LogP contribution in [0, 0.1) is 0 Å². The molecule has 2 N–H and O–H groups in total. The lowest BCUT2D eigenvalue weighted by Gasteiger charge is -2.34. The van der Waals surface area contributed by atoms with Gasteiger partial charge in [0.1, 0.15) is 11.3 Å². The van der Waals surface area contributed by atoms with Gasteiger partial charge in [-0.3, -0.25) is 0 Å². The monoisotopic (exact) mass is 412 g/mol. The van der Waals surface area contributed by atoms with Gasteiger partial charge in [0.05, 0.1) is 7.11 Å². The minimum atomic E-state index is -0.627. The van der Waals surface area contributed by atoms with Crippen LogP contribution in [-0.4, -0.2) is 23.3 Å². The second-order valence-corrected chi connectivity index (χ2v) is 8.02. The van der Waals surface area contributed by atoms with Crippen molar-refractivity contribution in [2.45, 2.75) is 44.2 Å². The van der Waals surface area contributed by atoms with E-state index in [2.05, 4.69) is 20.8 Å². The number of amides is 2. The molecule has 4 rings (SSSR count). The molecule has 7 nitrogen and oxygen atoms in total. The Hall–Kier alpha value is -2.87. The van der Waals surface area contributed by atoms with E-state index >= 15 is 0 Å². The largest absolute Gasteiger partial charge is 0.497 e. The summed E-state index contributed by atoms with van der Waals surface area (Å²) in [7, 11) is 1.63. The van der Waals surface area contributed by atoms with Gasteiger partial charge >= 0.3 is 6.03 Å². The quantitative estimate of drug-likeness (QED) is 0.624. The third-order valence-electron chi connectivity index (χ3n) is 5.26. The van der Waals surface area contributed by atoms with E-state index in [0.717, 1.165) is 49.0 Å². The van der Waals surface area contributed by atoms with Gasteiger partial charge in [0.15, 0.2) is 0 Å². The first kappa shape index (κ1) is 19.4. The zero-order chi connectivity index (χ0) is 20.1. The van der Waals surface area contributed by atoms with E-state index in [9.17, 15) is 4.79 Å². The Labute approximate surface area is 173 Å². The van der Waals surface area contributed by atoms with E-state index in [1.165, 1.54) is 0 Å². The molecule has 29 heavy (non-hydrogen) atoms. The first-order valence-corrected chi connectivity index (χ1v) is 10.7. The number of carbonyl (C=O) groups is 1. The fourth-order valence-corrected chi connectivity index (χ4v) is 4.34. The van der Waals surface area contributed by atoms with Gasteiger partial charge in [-0.25, -0.2) is 4.79 Å². The maximum atomic E-state index is 12.7. The number of benzene rings is 1. The van der Waals surface area contributed by atoms with Gasteiger partial charge in [-0.05, 0) is 42.0 Å². The zero-order valence-electron chi connectivity index (χ0n) is 16.3. The fraction of sp³-hybridized carbons (Fsp3) is 0.381. The number of methoxy groups -OCH3 is 1. The first-order valence-electron chi connectivity index (χ1n) is 9.74. The second kappa shape index (κ2) is 8.65. The van der Waals surface area contributed by atoms with Gasteiger partial charge in [0.2, 0.25) is 5.82 Å². The minimum Gasteiger partial charge on any atom is -0.497 e. The molecule has 8 heteroatoms. The Morgan fingerprint density at radius 2 is 2.14 bits per heavy atom. The topological polar surface area (TPSA) is 89.3 Å². The molecule has 2 aromatic heterocycles. The molecule has 0 saturated heterocycles. The maximum absolute atomic E-state index is 12.7. The summed E-state index contributed by atoms with van der Waals surface area (Å²) in [6.45, 7) is 0.406. The Morgan fingerprint density at radius 3 is 2.90 bits per heavy atom. The van der Waals surface area contributed by atoms with Crippen LogP contribution in [0.4, 0.5) is 4.79 Å². The predicted octanol–water partition coefficient (Wildman–Crippen LogP) is 4.47. The summed E-state index contributed by atoms with van der Waals surface area (Å²) < 4.78 is 10.8. The standard InChI is InChI=1S/C21H24N4O3S/c1-27-17-7-5-6-15(12-17)13-22-20(26)24-21(9-3-2-4-10-21)19-23-18(25-28-19)16-8-11-29-14-16/h5-8,11-12,14H,2-4,9-10,13H2,1H3,(H2,22,24,26). The van der Waals surface area contributed by atoms with Crippen LogP contribution in [0.5, 0.6) is 5.75 Å². The summed E-state index contributed by atoms with van der Waals surface area (Å²) in [5.74, 6) is 1.81. The molecule has 0 atom stereocenters. The number of aromatic nitrogens is 2. The normalized spacial score (nSPS) is 15.6. The van der Waals surface area contributed by atoms with Gasteiger partial charge in [-0.15, -0.1) is 0 Å². The van der Waals surface area contributed by atoms with Crippen LogP contribution in [0.2, 0.25) is 0 Å². The molecule has 0 aliphatic heterocycles. The third kappa shape index (κ3) is 4.42. The number of carbonyl (C=O) groups excluding carboxylic acids is 1. The summed E-state index contributed by atoms with van der Waals surface area (Å²) in [6.07, 6.45) is 4.72. The van der Waals surface area contributed by atoms with Crippen molar-refractivity contribution < 1.29 is 14.1 Å². The number of ether oxygens (including phenoxy) is 1. The minimum absolute atomic E-state index is 0.245. The average Bonchev–Trinajstić information content (AvgIpc) is 3.45. The lowest BCUT2D eigenvalue weighted by molar-refractivity contribution is 0.167. The van der Waals surface area contributed by atoms with E-state index in [1.807, 2.05) is 41.1 Å². The molecule has 0 unspecified atom stereocenters. The zero-order valence-corrected chi connectivity index (χ0v) is 17.1. The Kier molecular flexibility index (Phi) is 5.80. The Bertz CT molecular complexity index is 949. The van der Waals surface area contributed by atoms with Gasteiger partial charge in [0.25, 0.3) is 5.89 Å². The molecule has 1 aliphatic carbocycles. The van der Waals surface area contributed by atoms with Crippen LogP contribution in [0.25, 0.3) is 11.4 Å². The van der Waals surface area contributed by atoms with Crippen molar-refractivity contribution in [3.05, 3.63) is 52.5 Å². The highest BCUT2D eigenvalue weighted by Crippen LogP contribution is 2.37. The highest BCUT2D eigenvalue weighted by molar-refractivity contribution is 7.08. The maximum Gasteiger partial charge on any atom is 0.315 e. The SMILES string of the molecule is COc1cccc(CNC(=O)NC2(c3nc(-c4ccsc4)no3)CCCCC2)c1. The van der Waals surface area contributed by atoms with Crippen molar-refractivity contribution in [2.75, 3.05) is 7.11 Å². The van der Waals surface area contributed by atoms with E-state index in [-0.39, 0.29) is 6.03 Å². The van der Waals surface area contributed by atoms with E-state index in [1.54, 1.807) is 18.4 Å². The molecule has 2 heterocycles. The van der Waals surface area contributed by atoms with Crippen molar-refractivity contribution in [2.24, 2.45) is 0 Å². The van der Waals surface area contributed by atoms with Crippen molar-refractivity contribution in [1.82, 2.24) is 20.8 Å². The summed E-state index contributed by atoms with van der Waals surface area (Å²) in [6, 6.07) is 9.35. The molecule has 0 spiro atoms. The number of nitrogens with zero attached hydrogens (tertiary/aromatic N) is 2. The molecule has 1 fully saturated rings. The van der Waals surface area contributed by atoms with Crippen molar-refractivity contribution in [3.8, 4) is 17.1 Å². The number of nitrogens with one attached hydrogen (secondary N) is 2. The summed E-state index contributed by atoms with van der Waals surface area (Å²) >= 11 is 1.59. The highest BCUT2D eigenvalue weighted by Gasteiger charge is 2.40. The molecule has 1 saturated carbocycles. The van der Waals surface area contributed by atoms with Gasteiger partial charge in [-0.2, -0.15) is 16.3 Å². The van der Waals surface area contributed by atoms with Crippen LogP contribution >= 0.6 is 11.3 Å². The number of rotatable bonds is 6. The Morgan fingerprint density at radius 1 is 1.28 bits per heavy atom. The average molecular weight is 413 g/mol. The highest BCUT2D eigenvalue weighted by atomic mass is 32.1. The lowest BCUT2D eigenvalue weighted by atomic mass is 9.81. The summed E-state index contributed by atoms with van der Waals surface area (Å²) in [4.78, 5) is 17.3. The number of thiophene rings is 1. The van der Waals surface area contributed by atoms with Gasteiger partial charge in [-0.1, -0.05) is 36.6 Å². The van der Waals surface area contributed by atoms with Crippen molar-refractivity contribution in [1.29, 1.82) is 0 Å². The molecule has 152 valence electrons. The fourth-order valence-electron chi connectivity index (χ4n) is 3.70.